The van der Waals surface area contributed by atoms with E-state index in [9.17, 15) is 0 Å². The fourth-order valence-electron chi connectivity index (χ4n) is 2.34. The van der Waals surface area contributed by atoms with E-state index in [0.29, 0.717) is 42.2 Å². The summed E-state index contributed by atoms with van der Waals surface area (Å²) in [6.45, 7) is 3.46. The molecule has 0 spiro atoms. The van der Waals surface area contributed by atoms with Gasteiger partial charge in [-0.2, -0.15) is 0 Å². The number of halogens is 2. The van der Waals surface area contributed by atoms with E-state index in [1.165, 1.54) is 0 Å². The first kappa shape index (κ1) is 18.7. The molecule has 1 aliphatic rings. The van der Waals surface area contributed by atoms with E-state index in [-0.39, 0.29) is 24.0 Å². The Morgan fingerprint density at radius 2 is 2.04 bits per heavy atom. The first-order valence-corrected chi connectivity index (χ1v) is 7.71. The summed E-state index contributed by atoms with van der Waals surface area (Å²) in [7, 11) is 0. The average molecular weight is 460 g/mol. The molecule has 0 saturated carbocycles. The number of aliphatic imine (C=N–C) groups is 1. The highest BCUT2D eigenvalue weighted by molar-refractivity contribution is 14.0. The summed E-state index contributed by atoms with van der Waals surface area (Å²) in [5.41, 5.74) is 8.90. The van der Waals surface area contributed by atoms with Gasteiger partial charge in [0.2, 0.25) is 0 Å². The van der Waals surface area contributed by atoms with Gasteiger partial charge in [0.25, 0.3) is 0 Å². The molecule has 3 N–H and O–H groups in total. The number of fused-ring (bicyclic) bond motifs is 1. The van der Waals surface area contributed by atoms with Gasteiger partial charge >= 0.3 is 0 Å². The Balaban J connectivity index is 0.00000208. The van der Waals surface area contributed by atoms with Gasteiger partial charge in [-0.25, -0.2) is 4.99 Å². The Hall–Kier alpha value is -1.67. The molecule has 0 aliphatic carbocycles. The molecule has 7 heteroatoms. The molecule has 0 radical (unpaired) electrons. The maximum absolute atomic E-state index is 6.21. The molecule has 128 valence electrons. The lowest BCUT2D eigenvalue weighted by Crippen LogP contribution is -2.22. The maximum atomic E-state index is 6.21. The Labute approximate surface area is 163 Å². The van der Waals surface area contributed by atoms with Crippen LogP contribution in [0.1, 0.15) is 11.1 Å². The summed E-state index contributed by atoms with van der Waals surface area (Å²) in [5, 5.41) is 3.59. The third-order valence-electron chi connectivity index (χ3n) is 3.38. The van der Waals surface area contributed by atoms with Crippen LogP contribution >= 0.6 is 35.6 Å². The Morgan fingerprint density at radius 3 is 2.83 bits per heavy atom. The number of ether oxygens (including phenoxy) is 2. The van der Waals surface area contributed by atoms with E-state index >= 15 is 0 Å². The predicted molar refractivity (Wildman–Crippen MR) is 108 cm³/mol. The van der Waals surface area contributed by atoms with Gasteiger partial charge in [0.05, 0.1) is 11.6 Å². The molecule has 24 heavy (non-hydrogen) atoms. The smallest absolute Gasteiger partial charge is 0.193 e. The van der Waals surface area contributed by atoms with Crippen molar-refractivity contribution in [3.05, 3.63) is 52.5 Å². The number of nitrogens with two attached hydrogens (primary N) is 1. The Bertz CT molecular complexity index is 753. The molecule has 0 saturated heterocycles. The molecule has 2 aromatic carbocycles. The lowest BCUT2D eigenvalue weighted by molar-refractivity contribution is 0.171. The molecular formula is C17H19ClIN3O2. The van der Waals surface area contributed by atoms with Crippen LogP contribution in [0.15, 0.2) is 41.4 Å². The lowest BCUT2D eigenvalue weighted by Gasteiger charge is -2.20. The van der Waals surface area contributed by atoms with Crippen molar-refractivity contribution in [3.8, 4) is 11.5 Å². The van der Waals surface area contributed by atoms with Crippen LogP contribution in [0, 0.1) is 6.92 Å². The van der Waals surface area contributed by atoms with Crippen molar-refractivity contribution in [2.24, 2.45) is 10.7 Å². The van der Waals surface area contributed by atoms with Crippen molar-refractivity contribution < 1.29 is 9.47 Å². The second-order valence-corrected chi connectivity index (χ2v) is 5.70. The van der Waals surface area contributed by atoms with E-state index in [2.05, 4.69) is 10.3 Å². The third-order valence-corrected chi connectivity index (χ3v) is 3.66. The van der Waals surface area contributed by atoms with Crippen LogP contribution in [0.25, 0.3) is 0 Å². The minimum atomic E-state index is 0. The van der Waals surface area contributed by atoms with Gasteiger partial charge in [-0.3, -0.25) is 0 Å². The molecule has 0 amide bonds. The fraction of sp³-hybridized carbons (Fsp3) is 0.235. The van der Waals surface area contributed by atoms with Crippen LogP contribution < -0.4 is 20.5 Å². The lowest BCUT2D eigenvalue weighted by atomic mass is 10.2. The number of hydrogen-bond donors (Lipinski definition) is 2. The summed E-state index contributed by atoms with van der Waals surface area (Å²) in [6, 6.07) is 11.6. The van der Waals surface area contributed by atoms with Gasteiger partial charge in [0.15, 0.2) is 17.5 Å². The van der Waals surface area contributed by atoms with Crippen LogP contribution in [0.3, 0.4) is 0 Å². The van der Waals surface area contributed by atoms with Crippen LogP contribution in [0.4, 0.5) is 5.69 Å². The topological polar surface area (TPSA) is 68.9 Å². The monoisotopic (exact) mass is 459 g/mol. The van der Waals surface area contributed by atoms with Gasteiger partial charge < -0.3 is 20.5 Å². The quantitative estimate of drug-likeness (QED) is 0.414. The summed E-state index contributed by atoms with van der Waals surface area (Å²) >= 11 is 6.21. The van der Waals surface area contributed by atoms with Crippen molar-refractivity contribution in [3.63, 3.8) is 0 Å². The van der Waals surface area contributed by atoms with Crippen LogP contribution in [-0.2, 0) is 6.54 Å². The minimum absolute atomic E-state index is 0. The highest BCUT2D eigenvalue weighted by Crippen LogP contribution is 2.38. The maximum Gasteiger partial charge on any atom is 0.193 e. The summed E-state index contributed by atoms with van der Waals surface area (Å²) in [5.74, 6) is 1.59. The van der Waals surface area contributed by atoms with Gasteiger partial charge in [0.1, 0.15) is 13.2 Å². The number of rotatable bonds is 3. The first-order chi connectivity index (χ1) is 11.1. The highest BCUT2D eigenvalue weighted by atomic mass is 127. The third kappa shape index (κ3) is 4.67. The summed E-state index contributed by atoms with van der Waals surface area (Å²) in [4.78, 5) is 4.34. The molecule has 0 atom stereocenters. The largest absolute Gasteiger partial charge is 0.486 e. The van der Waals surface area contributed by atoms with Gasteiger partial charge in [-0.1, -0.05) is 23.7 Å². The normalized spacial score (nSPS) is 13.2. The highest BCUT2D eigenvalue weighted by Gasteiger charge is 2.16. The Kier molecular flexibility index (Phi) is 6.56. The molecule has 0 aromatic heterocycles. The number of guanidine groups is 1. The number of anilines is 1. The molecule has 1 aliphatic heterocycles. The summed E-state index contributed by atoms with van der Waals surface area (Å²) in [6.07, 6.45) is 0. The molecule has 0 fully saturated rings. The molecule has 5 nitrogen and oxygen atoms in total. The zero-order chi connectivity index (χ0) is 16.2. The van der Waals surface area contributed by atoms with Crippen molar-refractivity contribution >= 4 is 47.2 Å². The van der Waals surface area contributed by atoms with E-state index in [0.717, 1.165) is 16.8 Å². The second-order valence-electron chi connectivity index (χ2n) is 5.30. The number of nitrogens with zero attached hydrogens (tertiary/aromatic N) is 1. The molecule has 0 unspecified atom stereocenters. The van der Waals surface area contributed by atoms with Crippen LogP contribution in [0.2, 0.25) is 5.02 Å². The molecule has 3 rings (SSSR count). The van der Waals surface area contributed by atoms with E-state index in [1.807, 2.05) is 43.3 Å². The number of aryl methyl sites for hydroxylation is 1. The van der Waals surface area contributed by atoms with Gasteiger partial charge in [0, 0.05) is 5.69 Å². The summed E-state index contributed by atoms with van der Waals surface area (Å²) < 4.78 is 11.1. The van der Waals surface area contributed by atoms with E-state index < -0.39 is 0 Å². The predicted octanol–water partition coefficient (Wildman–Crippen LogP) is 3.96. The van der Waals surface area contributed by atoms with Crippen LogP contribution in [0.5, 0.6) is 11.5 Å². The zero-order valence-electron chi connectivity index (χ0n) is 13.2. The molecule has 0 bridgehead atoms. The van der Waals surface area contributed by atoms with E-state index in [1.54, 1.807) is 0 Å². The number of benzene rings is 2. The van der Waals surface area contributed by atoms with Gasteiger partial charge in [-0.05, 0) is 42.3 Å². The van der Waals surface area contributed by atoms with Crippen molar-refractivity contribution in [2.75, 3.05) is 18.5 Å². The zero-order valence-corrected chi connectivity index (χ0v) is 16.3. The fourth-order valence-corrected chi connectivity index (χ4v) is 2.63. The standard InChI is InChI=1S/C17H18ClN3O2.HI/c1-11-3-2-4-13(7-11)21-17(19)20-10-12-8-14(18)16-15(9-12)22-5-6-23-16;/h2-4,7-9H,5-6,10H2,1H3,(H3,19,20,21);1H. The number of nitrogens with one attached hydrogen (secondary N) is 1. The Morgan fingerprint density at radius 1 is 1.25 bits per heavy atom. The minimum Gasteiger partial charge on any atom is -0.486 e. The van der Waals surface area contributed by atoms with Gasteiger partial charge in [-0.15, -0.1) is 24.0 Å². The molecule has 1 heterocycles. The average Bonchev–Trinajstić information content (AvgIpc) is 2.53. The SMILES string of the molecule is Cc1cccc(NC(N)=NCc2cc(Cl)c3c(c2)OCCO3)c1.I. The first-order valence-electron chi connectivity index (χ1n) is 7.33. The molecular weight excluding hydrogens is 441 g/mol. The van der Waals surface area contributed by atoms with Crippen molar-refractivity contribution in [1.82, 2.24) is 0 Å². The molecule has 2 aromatic rings. The second kappa shape index (κ2) is 8.43. The van der Waals surface area contributed by atoms with Crippen molar-refractivity contribution in [2.45, 2.75) is 13.5 Å². The van der Waals surface area contributed by atoms with Crippen LogP contribution in [-0.4, -0.2) is 19.2 Å². The number of hydrogen-bond acceptors (Lipinski definition) is 3. The van der Waals surface area contributed by atoms with Crippen molar-refractivity contribution in [1.29, 1.82) is 0 Å². The van der Waals surface area contributed by atoms with E-state index in [4.69, 9.17) is 26.8 Å².